The smallest absolute Gasteiger partial charge is 0.191 e. The third kappa shape index (κ3) is 4.81. The van der Waals surface area contributed by atoms with Gasteiger partial charge in [0.05, 0.1) is 11.5 Å². The number of nitrogens with one attached hydrogen (secondary N) is 2. The Morgan fingerprint density at radius 3 is 2.65 bits per heavy atom. The van der Waals surface area contributed by atoms with Gasteiger partial charge in [-0.15, -0.1) is 6.58 Å². The molecule has 1 aliphatic carbocycles. The standard InChI is InChI=1S/C14H25N3O2S/c1-2-8-15-14(17-13-5-3-4-6-13)16-10-12-7-9-20(18,19)11-12/h2,12-13H,1,3-11H2,(H2,15,16,17). The van der Waals surface area contributed by atoms with Gasteiger partial charge in [-0.2, -0.15) is 0 Å². The van der Waals surface area contributed by atoms with Gasteiger partial charge < -0.3 is 10.6 Å². The van der Waals surface area contributed by atoms with Gasteiger partial charge in [-0.25, -0.2) is 8.42 Å². The van der Waals surface area contributed by atoms with Gasteiger partial charge in [0.15, 0.2) is 15.8 Å². The van der Waals surface area contributed by atoms with E-state index in [9.17, 15) is 8.42 Å². The van der Waals surface area contributed by atoms with Crippen molar-refractivity contribution in [3.63, 3.8) is 0 Å². The molecule has 20 heavy (non-hydrogen) atoms. The van der Waals surface area contributed by atoms with E-state index in [-0.39, 0.29) is 11.7 Å². The van der Waals surface area contributed by atoms with Crippen LogP contribution in [0.4, 0.5) is 0 Å². The van der Waals surface area contributed by atoms with E-state index in [0.29, 0.717) is 24.9 Å². The number of guanidine groups is 1. The Hall–Kier alpha value is -1.04. The molecule has 2 rings (SSSR count). The molecule has 2 N–H and O–H groups in total. The zero-order valence-corrected chi connectivity index (χ0v) is 12.8. The quantitative estimate of drug-likeness (QED) is 0.453. The maximum Gasteiger partial charge on any atom is 0.191 e. The minimum Gasteiger partial charge on any atom is -0.354 e. The van der Waals surface area contributed by atoms with E-state index in [1.165, 1.54) is 25.7 Å². The van der Waals surface area contributed by atoms with E-state index < -0.39 is 9.84 Å². The monoisotopic (exact) mass is 299 g/mol. The SMILES string of the molecule is C=CCNC(=NCC1CCS(=O)(=O)C1)NC1CCCC1. The minimum absolute atomic E-state index is 0.172. The lowest BCUT2D eigenvalue weighted by atomic mass is 10.1. The highest BCUT2D eigenvalue weighted by molar-refractivity contribution is 7.91. The van der Waals surface area contributed by atoms with Crippen LogP contribution >= 0.6 is 0 Å². The van der Waals surface area contributed by atoms with Gasteiger partial charge in [0.25, 0.3) is 0 Å². The molecular formula is C14H25N3O2S. The van der Waals surface area contributed by atoms with E-state index in [1.54, 1.807) is 6.08 Å². The van der Waals surface area contributed by atoms with Crippen molar-refractivity contribution < 1.29 is 8.42 Å². The lowest BCUT2D eigenvalue weighted by Gasteiger charge is -2.17. The summed E-state index contributed by atoms with van der Waals surface area (Å²) in [5.41, 5.74) is 0. The van der Waals surface area contributed by atoms with Crippen LogP contribution in [0, 0.1) is 5.92 Å². The molecule has 0 aromatic carbocycles. The zero-order valence-electron chi connectivity index (χ0n) is 12.0. The molecule has 1 atom stereocenters. The number of aliphatic imine (C=N–C) groups is 1. The molecule has 0 bridgehead atoms. The second-order valence-electron chi connectivity index (χ2n) is 5.75. The van der Waals surface area contributed by atoms with Crippen LogP contribution in [0.2, 0.25) is 0 Å². The summed E-state index contributed by atoms with van der Waals surface area (Å²) in [6, 6.07) is 0.498. The molecule has 1 unspecified atom stereocenters. The van der Waals surface area contributed by atoms with Crippen LogP contribution in [0.3, 0.4) is 0 Å². The number of nitrogens with zero attached hydrogens (tertiary/aromatic N) is 1. The van der Waals surface area contributed by atoms with Crippen molar-refractivity contribution in [2.75, 3.05) is 24.6 Å². The van der Waals surface area contributed by atoms with Crippen molar-refractivity contribution in [3.05, 3.63) is 12.7 Å². The highest BCUT2D eigenvalue weighted by atomic mass is 32.2. The fraction of sp³-hybridized carbons (Fsp3) is 0.786. The van der Waals surface area contributed by atoms with Crippen LogP contribution in [0.25, 0.3) is 0 Å². The molecule has 114 valence electrons. The second kappa shape index (κ2) is 7.11. The molecule has 0 radical (unpaired) electrons. The topological polar surface area (TPSA) is 70.6 Å². The van der Waals surface area contributed by atoms with Gasteiger partial charge in [-0.05, 0) is 25.2 Å². The highest BCUT2D eigenvalue weighted by Gasteiger charge is 2.27. The first-order chi connectivity index (χ1) is 9.59. The second-order valence-corrected chi connectivity index (χ2v) is 7.98. The molecule has 2 fully saturated rings. The first kappa shape index (κ1) is 15.4. The summed E-state index contributed by atoms with van der Waals surface area (Å²) in [6.45, 7) is 4.95. The van der Waals surface area contributed by atoms with Crippen molar-refractivity contribution in [3.8, 4) is 0 Å². The summed E-state index contributed by atoms with van der Waals surface area (Å²) in [7, 11) is -2.81. The summed E-state index contributed by atoms with van der Waals surface area (Å²) >= 11 is 0. The van der Waals surface area contributed by atoms with Crippen molar-refractivity contribution in [1.82, 2.24) is 10.6 Å². The molecule has 1 heterocycles. The Balaban J connectivity index is 1.87. The van der Waals surface area contributed by atoms with Crippen molar-refractivity contribution in [2.24, 2.45) is 10.9 Å². The molecule has 1 saturated carbocycles. The predicted molar refractivity (Wildman–Crippen MR) is 82.7 cm³/mol. The van der Waals surface area contributed by atoms with E-state index >= 15 is 0 Å². The van der Waals surface area contributed by atoms with Gasteiger partial charge in [-0.1, -0.05) is 18.9 Å². The maximum atomic E-state index is 11.4. The Morgan fingerprint density at radius 2 is 2.05 bits per heavy atom. The van der Waals surface area contributed by atoms with Crippen molar-refractivity contribution in [1.29, 1.82) is 0 Å². The van der Waals surface area contributed by atoms with Crippen LogP contribution in [-0.4, -0.2) is 45.0 Å². The Bertz CT molecular complexity index is 453. The molecular weight excluding hydrogens is 274 g/mol. The number of hydrogen-bond acceptors (Lipinski definition) is 3. The lowest BCUT2D eigenvalue weighted by Crippen LogP contribution is -2.42. The molecule has 0 amide bonds. The zero-order chi connectivity index (χ0) is 14.4. The van der Waals surface area contributed by atoms with Gasteiger partial charge in [-0.3, -0.25) is 4.99 Å². The van der Waals surface area contributed by atoms with E-state index in [0.717, 1.165) is 12.4 Å². The van der Waals surface area contributed by atoms with Crippen LogP contribution in [0.1, 0.15) is 32.1 Å². The molecule has 2 aliphatic rings. The number of hydrogen-bond donors (Lipinski definition) is 2. The first-order valence-electron chi connectivity index (χ1n) is 7.45. The van der Waals surface area contributed by atoms with Gasteiger partial charge >= 0.3 is 0 Å². The third-order valence-corrected chi connectivity index (χ3v) is 5.78. The molecule has 1 saturated heterocycles. The van der Waals surface area contributed by atoms with Gasteiger partial charge in [0.1, 0.15) is 0 Å². The normalized spacial score (nSPS) is 26.6. The number of sulfone groups is 1. The third-order valence-electron chi connectivity index (χ3n) is 3.94. The predicted octanol–water partition coefficient (Wildman–Crippen LogP) is 1.08. The summed E-state index contributed by atoms with van der Waals surface area (Å²) in [5.74, 6) is 1.57. The summed E-state index contributed by atoms with van der Waals surface area (Å²) < 4.78 is 22.9. The summed E-state index contributed by atoms with van der Waals surface area (Å²) in [6.07, 6.45) is 7.45. The maximum absolute atomic E-state index is 11.4. The molecule has 0 spiro atoms. The Labute approximate surface area is 121 Å². The molecule has 0 aromatic heterocycles. The average molecular weight is 299 g/mol. The van der Waals surface area contributed by atoms with Gasteiger partial charge in [0.2, 0.25) is 0 Å². The Morgan fingerprint density at radius 1 is 1.30 bits per heavy atom. The van der Waals surface area contributed by atoms with E-state index in [1.807, 2.05) is 0 Å². The van der Waals surface area contributed by atoms with Crippen LogP contribution < -0.4 is 10.6 Å². The fourth-order valence-electron chi connectivity index (χ4n) is 2.82. The molecule has 1 aliphatic heterocycles. The van der Waals surface area contributed by atoms with Crippen molar-refractivity contribution >= 4 is 15.8 Å². The van der Waals surface area contributed by atoms with E-state index in [2.05, 4.69) is 22.2 Å². The van der Waals surface area contributed by atoms with Crippen LogP contribution in [0.5, 0.6) is 0 Å². The summed E-state index contributed by atoms with van der Waals surface area (Å²) in [5, 5.41) is 6.65. The summed E-state index contributed by atoms with van der Waals surface area (Å²) in [4.78, 5) is 4.55. The van der Waals surface area contributed by atoms with E-state index in [4.69, 9.17) is 0 Å². The fourth-order valence-corrected chi connectivity index (χ4v) is 4.67. The lowest BCUT2D eigenvalue weighted by molar-refractivity contribution is 0.582. The van der Waals surface area contributed by atoms with Crippen LogP contribution in [0.15, 0.2) is 17.6 Å². The van der Waals surface area contributed by atoms with Crippen molar-refractivity contribution in [2.45, 2.75) is 38.1 Å². The molecule has 0 aromatic rings. The first-order valence-corrected chi connectivity index (χ1v) is 9.27. The Kier molecular flexibility index (Phi) is 5.46. The van der Waals surface area contributed by atoms with Crippen LogP contribution in [-0.2, 0) is 9.84 Å². The largest absolute Gasteiger partial charge is 0.354 e. The number of rotatable bonds is 5. The minimum atomic E-state index is -2.81. The molecule has 6 heteroatoms. The molecule has 5 nitrogen and oxygen atoms in total. The highest BCUT2D eigenvalue weighted by Crippen LogP contribution is 2.19. The average Bonchev–Trinajstić information content (AvgIpc) is 3.02. The van der Waals surface area contributed by atoms with Gasteiger partial charge in [0, 0.05) is 19.1 Å².